The second-order valence-electron chi connectivity index (χ2n) is 7.17. The van der Waals surface area contributed by atoms with Crippen LogP contribution in [0, 0.1) is 12.3 Å². The van der Waals surface area contributed by atoms with Gasteiger partial charge < -0.3 is 24.8 Å². The quantitative estimate of drug-likeness (QED) is 0.352. The number of aliphatic hydroxyl groups is 1. The van der Waals surface area contributed by atoms with E-state index in [1.165, 1.54) is 12.1 Å². The van der Waals surface area contributed by atoms with E-state index < -0.39 is 38.7 Å². The van der Waals surface area contributed by atoms with E-state index in [1.54, 1.807) is 31.0 Å². The van der Waals surface area contributed by atoms with Gasteiger partial charge in [0.2, 0.25) is 17.5 Å². The maximum Gasteiger partial charge on any atom is 0.368 e. The third kappa shape index (κ3) is 4.17. The molecule has 0 spiro atoms. The maximum atomic E-state index is 15.7. The van der Waals surface area contributed by atoms with Crippen molar-refractivity contribution in [2.24, 2.45) is 0 Å². The first-order chi connectivity index (χ1) is 16.2. The number of nitrogens with two attached hydrogens (primary N) is 1. The van der Waals surface area contributed by atoms with Gasteiger partial charge in [0, 0.05) is 0 Å². The van der Waals surface area contributed by atoms with Crippen molar-refractivity contribution in [1.82, 2.24) is 19.5 Å². The van der Waals surface area contributed by atoms with Crippen LogP contribution in [0.15, 0.2) is 36.7 Å². The molecule has 1 aliphatic rings. The van der Waals surface area contributed by atoms with Crippen LogP contribution in [0.3, 0.4) is 0 Å². The van der Waals surface area contributed by atoms with E-state index in [0.717, 1.165) is 10.9 Å². The smallest absolute Gasteiger partial charge is 0.368 e. The van der Waals surface area contributed by atoms with Gasteiger partial charge in [0.25, 0.3) is 5.85 Å². The number of aromatic nitrogens is 4. The van der Waals surface area contributed by atoms with Crippen molar-refractivity contribution in [3.05, 3.63) is 36.7 Å². The SMILES string of the molecule is C#C[C@]1(F)[C@H](n2cnc3c(OCC)nc(N)nc32)O[C@](F)(CO[PH](=O)Oc2ccccc2)[C@H]1O. The molecule has 34 heavy (non-hydrogen) atoms. The van der Waals surface area contributed by atoms with Crippen LogP contribution in [-0.2, 0) is 13.8 Å². The Bertz CT molecular complexity index is 1260. The second kappa shape index (κ2) is 9.15. The Balaban J connectivity index is 1.61. The van der Waals surface area contributed by atoms with Gasteiger partial charge in [-0.25, -0.2) is 18.3 Å². The number of nitrogen functional groups attached to an aromatic ring is 1. The van der Waals surface area contributed by atoms with E-state index in [9.17, 15) is 9.67 Å². The summed E-state index contributed by atoms with van der Waals surface area (Å²) in [5.41, 5.74) is 2.62. The fourth-order valence-electron chi connectivity index (χ4n) is 3.39. The van der Waals surface area contributed by atoms with Gasteiger partial charge in [-0.2, -0.15) is 9.97 Å². The Labute approximate surface area is 192 Å². The Hall–Kier alpha value is -3.30. The van der Waals surface area contributed by atoms with Gasteiger partial charge >= 0.3 is 8.25 Å². The van der Waals surface area contributed by atoms with Gasteiger partial charge in [-0.3, -0.25) is 9.09 Å². The highest BCUT2D eigenvalue weighted by atomic mass is 31.1. The molecule has 1 saturated heterocycles. The molecule has 180 valence electrons. The Morgan fingerprint density at radius 2 is 2.09 bits per heavy atom. The lowest BCUT2D eigenvalue weighted by Gasteiger charge is -2.24. The fourth-order valence-corrected chi connectivity index (χ4v) is 4.10. The molecule has 1 aromatic carbocycles. The molecule has 14 heteroatoms. The summed E-state index contributed by atoms with van der Waals surface area (Å²) in [6, 6.07) is 7.98. The maximum absolute atomic E-state index is 15.7. The second-order valence-corrected chi connectivity index (χ2v) is 8.16. The first-order valence-corrected chi connectivity index (χ1v) is 11.2. The van der Waals surface area contributed by atoms with Crippen molar-refractivity contribution >= 4 is 25.4 Å². The summed E-state index contributed by atoms with van der Waals surface area (Å²) >= 11 is 0. The summed E-state index contributed by atoms with van der Waals surface area (Å²) in [4.78, 5) is 12.0. The van der Waals surface area contributed by atoms with E-state index in [1.807, 2.05) is 0 Å². The van der Waals surface area contributed by atoms with E-state index in [2.05, 4.69) is 15.0 Å². The molecule has 1 aliphatic heterocycles. The number of ether oxygens (including phenoxy) is 2. The zero-order valence-corrected chi connectivity index (χ0v) is 18.7. The molecular formula is C20H20F2N5O6P. The highest BCUT2D eigenvalue weighted by molar-refractivity contribution is 7.33. The van der Waals surface area contributed by atoms with E-state index in [-0.39, 0.29) is 35.3 Å². The number of halogens is 2. The lowest BCUT2D eigenvalue weighted by molar-refractivity contribution is -0.202. The number of para-hydroxylation sites is 1. The van der Waals surface area contributed by atoms with Gasteiger partial charge in [-0.05, 0) is 19.1 Å². The lowest BCUT2D eigenvalue weighted by Crippen LogP contribution is -2.47. The van der Waals surface area contributed by atoms with Crippen molar-refractivity contribution in [3.8, 4) is 24.0 Å². The minimum atomic E-state index is -3.28. The molecule has 0 bridgehead atoms. The molecule has 1 unspecified atom stereocenters. The third-order valence-electron chi connectivity index (χ3n) is 4.97. The molecule has 1 fully saturated rings. The number of anilines is 1. The number of aliphatic hydroxyl groups excluding tert-OH is 1. The van der Waals surface area contributed by atoms with Crippen LogP contribution in [-0.4, -0.2) is 55.5 Å². The predicted molar refractivity (Wildman–Crippen MR) is 116 cm³/mol. The zero-order valence-electron chi connectivity index (χ0n) is 17.7. The first kappa shape index (κ1) is 23.8. The number of benzene rings is 1. The normalized spacial score (nSPS) is 27.4. The van der Waals surface area contributed by atoms with Crippen molar-refractivity contribution in [1.29, 1.82) is 0 Å². The molecule has 11 nitrogen and oxygen atoms in total. The molecule has 3 heterocycles. The van der Waals surface area contributed by atoms with Crippen LogP contribution in [0.25, 0.3) is 11.2 Å². The Morgan fingerprint density at radius 3 is 2.76 bits per heavy atom. The number of imidazole rings is 1. The standard InChI is InChI=1S/C20H20F2N5O6P/c1-3-19(21)16(28)20(22,10-31-34(29)33-12-8-6-5-7-9-12)32-17(19)27-11-24-13-14(27)25-18(23)26-15(13)30-4-2/h1,5-9,11,16-17,28,34H,4,10H2,2H3,(H2,23,25,26)/t16-,17+,19+,20+/m0/s1. The minimum absolute atomic E-state index is 0.0129. The molecule has 2 aromatic heterocycles. The van der Waals surface area contributed by atoms with Gasteiger partial charge in [-0.15, -0.1) is 6.42 Å². The lowest BCUT2D eigenvalue weighted by atomic mass is 9.96. The number of nitrogens with zero attached hydrogens (tertiary/aromatic N) is 4. The number of terminal acetylenes is 1. The van der Waals surface area contributed by atoms with Gasteiger partial charge in [0.1, 0.15) is 12.4 Å². The van der Waals surface area contributed by atoms with Gasteiger partial charge in [-0.1, -0.05) is 24.1 Å². The summed E-state index contributed by atoms with van der Waals surface area (Å²) in [7, 11) is -3.28. The molecule has 0 amide bonds. The molecule has 4 rings (SSSR count). The number of hydrogen-bond acceptors (Lipinski definition) is 10. The largest absolute Gasteiger partial charge is 0.476 e. The molecule has 0 saturated carbocycles. The Kier molecular flexibility index (Phi) is 6.42. The average molecular weight is 495 g/mol. The fraction of sp³-hybridized carbons (Fsp3) is 0.350. The average Bonchev–Trinajstić information content (AvgIpc) is 3.32. The van der Waals surface area contributed by atoms with Crippen molar-refractivity contribution in [3.63, 3.8) is 0 Å². The van der Waals surface area contributed by atoms with Crippen molar-refractivity contribution in [2.75, 3.05) is 18.9 Å². The van der Waals surface area contributed by atoms with Gasteiger partial charge in [0.15, 0.2) is 23.5 Å². The van der Waals surface area contributed by atoms with Crippen LogP contribution in [0.5, 0.6) is 11.6 Å². The Morgan fingerprint density at radius 1 is 1.35 bits per heavy atom. The summed E-state index contributed by atoms with van der Waals surface area (Å²) in [6.45, 7) is 0.785. The summed E-state index contributed by atoms with van der Waals surface area (Å²) in [6.07, 6.45) is 1.92. The van der Waals surface area contributed by atoms with Crippen LogP contribution < -0.4 is 15.0 Å². The monoisotopic (exact) mass is 495 g/mol. The third-order valence-corrected chi connectivity index (χ3v) is 5.75. The summed E-state index contributed by atoms with van der Waals surface area (Å²) < 4.78 is 64.9. The predicted octanol–water partition coefficient (Wildman–Crippen LogP) is 2.19. The van der Waals surface area contributed by atoms with Crippen LogP contribution in [0.4, 0.5) is 14.7 Å². The van der Waals surface area contributed by atoms with Crippen molar-refractivity contribution < 1.29 is 37.0 Å². The number of hydrogen-bond donors (Lipinski definition) is 2. The van der Waals surface area contributed by atoms with Crippen LogP contribution in [0.1, 0.15) is 13.2 Å². The highest BCUT2D eigenvalue weighted by Gasteiger charge is 2.67. The number of rotatable bonds is 8. The summed E-state index contributed by atoms with van der Waals surface area (Å²) in [5, 5.41) is 10.5. The molecule has 0 radical (unpaired) electrons. The van der Waals surface area contributed by atoms with E-state index in [0.29, 0.717) is 0 Å². The topological polar surface area (TPSA) is 144 Å². The van der Waals surface area contributed by atoms with E-state index >= 15 is 8.78 Å². The summed E-state index contributed by atoms with van der Waals surface area (Å²) in [5.74, 6) is -1.46. The number of alkyl halides is 2. The molecule has 3 N–H and O–H groups in total. The molecular weight excluding hydrogens is 475 g/mol. The molecule has 5 atom stereocenters. The first-order valence-electron chi connectivity index (χ1n) is 9.95. The van der Waals surface area contributed by atoms with Gasteiger partial charge in [0.05, 0.1) is 12.9 Å². The molecule has 0 aliphatic carbocycles. The molecule has 3 aromatic rings. The zero-order chi connectivity index (χ0) is 24.5. The van der Waals surface area contributed by atoms with E-state index in [4.69, 9.17) is 30.7 Å². The number of fused-ring (bicyclic) bond motifs is 1. The van der Waals surface area contributed by atoms with Crippen LogP contribution in [0.2, 0.25) is 0 Å². The minimum Gasteiger partial charge on any atom is -0.476 e. The highest BCUT2D eigenvalue weighted by Crippen LogP contribution is 2.49. The van der Waals surface area contributed by atoms with Crippen molar-refractivity contribution in [2.45, 2.75) is 30.8 Å². The van der Waals surface area contributed by atoms with Crippen LogP contribution >= 0.6 is 8.25 Å².